The van der Waals surface area contributed by atoms with Crippen LogP contribution >= 0.6 is 0 Å². The van der Waals surface area contributed by atoms with Crippen molar-refractivity contribution in [2.24, 2.45) is 5.92 Å². The van der Waals surface area contributed by atoms with E-state index < -0.39 is 6.10 Å². The molecule has 0 aliphatic carbocycles. The number of benzene rings is 2. The first kappa shape index (κ1) is 18.3. The molecule has 28 heavy (non-hydrogen) atoms. The predicted molar refractivity (Wildman–Crippen MR) is 104 cm³/mol. The summed E-state index contributed by atoms with van der Waals surface area (Å²) in [6.45, 7) is 4.27. The van der Waals surface area contributed by atoms with Crippen molar-refractivity contribution in [1.82, 2.24) is 4.90 Å². The fourth-order valence-electron chi connectivity index (χ4n) is 3.79. The third-order valence-electron chi connectivity index (χ3n) is 5.20. The van der Waals surface area contributed by atoms with Crippen LogP contribution in [0.1, 0.15) is 31.9 Å². The number of amides is 3. The van der Waals surface area contributed by atoms with Crippen LogP contribution in [0.3, 0.4) is 0 Å². The van der Waals surface area contributed by atoms with Gasteiger partial charge in [-0.15, -0.1) is 0 Å². The lowest BCUT2D eigenvalue weighted by Gasteiger charge is -2.27. The number of anilines is 2. The van der Waals surface area contributed by atoms with E-state index in [2.05, 4.69) is 10.6 Å². The van der Waals surface area contributed by atoms with Crippen molar-refractivity contribution in [2.75, 3.05) is 17.2 Å². The molecular weight excluding hydrogens is 361 g/mol. The third kappa shape index (κ3) is 3.40. The smallest absolute Gasteiger partial charge is 0.322 e. The van der Waals surface area contributed by atoms with Crippen molar-refractivity contribution in [3.05, 3.63) is 53.8 Å². The predicted octanol–water partition coefficient (Wildman–Crippen LogP) is 4.16. The summed E-state index contributed by atoms with van der Waals surface area (Å²) in [6.07, 6.45) is 0.154. The monoisotopic (exact) mass is 383 g/mol. The molecule has 2 aliphatic heterocycles. The number of carbonyl (C=O) groups excluding carboxylic acids is 2. The SMILES string of the molecule is C[C@@H]1C[C@@H](c2ccccc2F)N(C(=O)Nc2ccc3c(c2)NC(=O)[C@H](C)O3)C1. The van der Waals surface area contributed by atoms with Gasteiger partial charge in [-0.05, 0) is 43.5 Å². The summed E-state index contributed by atoms with van der Waals surface area (Å²) < 4.78 is 19.8. The van der Waals surface area contributed by atoms with E-state index in [4.69, 9.17) is 4.74 Å². The van der Waals surface area contributed by atoms with E-state index in [9.17, 15) is 14.0 Å². The third-order valence-corrected chi connectivity index (χ3v) is 5.20. The molecule has 0 radical (unpaired) electrons. The highest BCUT2D eigenvalue weighted by molar-refractivity contribution is 5.99. The summed E-state index contributed by atoms with van der Waals surface area (Å²) >= 11 is 0. The van der Waals surface area contributed by atoms with Crippen molar-refractivity contribution in [3.63, 3.8) is 0 Å². The highest BCUT2D eigenvalue weighted by Crippen LogP contribution is 2.37. The van der Waals surface area contributed by atoms with E-state index in [0.29, 0.717) is 35.7 Å². The highest BCUT2D eigenvalue weighted by Gasteiger charge is 2.35. The molecule has 3 atom stereocenters. The number of carbonyl (C=O) groups is 2. The Hall–Kier alpha value is -3.09. The van der Waals surface area contributed by atoms with Crippen LogP contribution in [0.25, 0.3) is 0 Å². The second kappa shape index (κ2) is 7.14. The minimum atomic E-state index is -0.555. The maximum absolute atomic E-state index is 14.3. The van der Waals surface area contributed by atoms with Gasteiger partial charge in [0.25, 0.3) is 5.91 Å². The van der Waals surface area contributed by atoms with Crippen LogP contribution in [-0.2, 0) is 4.79 Å². The first-order chi connectivity index (χ1) is 13.4. The van der Waals surface area contributed by atoms with Crippen molar-refractivity contribution < 1.29 is 18.7 Å². The molecule has 3 amide bonds. The molecule has 0 aromatic heterocycles. The van der Waals surface area contributed by atoms with Crippen LogP contribution in [0, 0.1) is 11.7 Å². The fraction of sp³-hybridized carbons (Fsp3) is 0.333. The van der Waals surface area contributed by atoms with Crippen LogP contribution in [0.15, 0.2) is 42.5 Å². The molecule has 0 bridgehead atoms. The molecule has 4 rings (SSSR count). The summed E-state index contributed by atoms with van der Waals surface area (Å²) in [4.78, 5) is 26.4. The number of nitrogens with one attached hydrogen (secondary N) is 2. The Morgan fingerprint density at radius 2 is 2.04 bits per heavy atom. The number of halogens is 1. The number of ether oxygens (including phenoxy) is 1. The molecule has 2 heterocycles. The van der Waals surface area contributed by atoms with E-state index in [0.717, 1.165) is 0 Å². The zero-order chi connectivity index (χ0) is 19.8. The van der Waals surface area contributed by atoms with E-state index in [1.165, 1.54) is 6.07 Å². The number of hydrogen-bond donors (Lipinski definition) is 2. The van der Waals surface area contributed by atoms with Crippen molar-refractivity contribution in [2.45, 2.75) is 32.4 Å². The summed E-state index contributed by atoms with van der Waals surface area (Å²) in [5.74, 6) is 0.295. The number of hydrogen-bond acceptors (Lipinski definition) is 3. The maximum atomic E-state index is 14.3. The Morgan fingerprint density at radius 3 is 2.82 bits per heavy atom. The summed E-state index contributed by atoms with van der Waals surface area (Å²) in [5, 5.41) is 5.62. The lowest BCUT2D eigenvalue weighted by molar-refractivity contribution is -0.122. The molecule has 2 aromatic carbocycles. The molecule has 0 saturated carbocycles. The van der Waals surface area contributed by atoms with Gasteiger partial charge in [0.1, 0.15) is 11.6 Å². The second-order valence-corrected chi connectivity index (χ2v) is 7.42. The number of rotatable bonds is 2. The Morgan fingerprint density at radius 1 is 1.25 bits per heavy atom. The van der Waals surface area contributed by atoms with E-state index in [1.54, 1.807) is 48.2 Å². The average molecular weight is 383 g/mol. The van der Waals surface area contributed by atoms with Crippen LogP contribution < -0.4 is 15.4 Å². The maximum Gasteiger partial charge on any atom is 0.322 e. The number of nitrogens with zero attached hydrogens (tertiary/aromatic N) is 1. The molecule has 1 fully saturated rings. The Balaban J connectivity index is 1.54. The minimum absolute atomic E-state index is 0.232. The molecule has 1 saturated heterocycles. The fourth-order valence-corrected chi connectivity index (χ4v) is 3.79. The van der Waals surface area contributed by atoms with Gasteiger partial charge < -0.3 is 20.3 Å². The van der Waals surface area contributed by atoms with Crippen molar-refractivity contribution in [1.29, 1.82) is 0 Å². The molecular formula is C21H22FN3O3. The van der Waals surface area contributed by atoms with Gasteiger partial charge in [0, 0.05) is 17.8 Å². The summed E-state index contributed by atoms with van der Waals surface area (Å²) in [5.41, 5.74) is 1.58. The van der Waals surface area contributed by atoms with E-state index in [1.807, 2.05) is 6.92 Å². The molecule has 146 valence electrons. The molecule has 6 nitrogen and oxygen atoms in total. The molecule has 0 unspecified atom stereocenters. The molecule has 7 heteroatoms. The normalized spacial score (nSPS) is 23.6. The van der Waals surface area contributed by atoms with Crippen molar-refractivity contribution >= 4 is 23.3 Å². The second-order valence-electron chi connectivity index (χ2n) is 7.42. The number of urea groups is 1. The van der Waals surface area contributed by atoms with Gasteiger partial charge in [-0.2, -0.15) is 0 Å². The van der Waals surface area contributed by atoms with Crippen molar-refractivity contribution in [3.8, 4) is 5.75 Å². The topological polar surface area (TPSA) is 70.7 Å². The number of likely N-dealkylation sites (tertiary alicyclic amines) is 1. The first-order valence-corrected chi connectivity index (χ1v) is 9.36. The average Bonchev–Trinajstić information content (AvgIpc) is 3.05. The molecule has 2 aliphatic rings. The zero-order valence-corrected chi connectivity index (χ0v) is 15.7. The lowest BCUT2D eigenvalue weighted by atomic mass is 10.0. The van der Waals surface area contributed by atoms with Gasteiger partial charge in [0.05, 0.1) is 11.7 Å². The quantitative estimate of drug-likeness (QED) is 0.818. The van der Waals surface area contributed by atoms with Crippen LogP contribution in [0.2, 0.25) is 0 Å². The largest absolute Gasteiger partial charge is 0.479 e. The van der Waals surface area contributed by atoms with Gasteiger partial charge >= 0.3 is 6.03 Å². The van der Waals surface area contributed by atoms with Crippen LogP contribution in [-0.4, -0.2) is 29.5 Å². The summed E-state index contributed by atoms with van der Waals surface area (Å²) in [7, 11) is 0. The van der Waals surface area contributed by atoms with Crippen LogP contribution in [0.4, 0.5) is 20.6 Å². The van der Waals surface area contributed by atoms with E-state index >= 15 is 0 Å². The van der Waals surface area contributed by atoms with Gasteiger partial charge in [-0.25, -0.2) is 9.18 Å². The van der Waals surface area contributed by atoms with Gasteiger partial charge in [-0.1, -0.05) is 25.1 Å². The lowest BCUT2D eigenvalue weighted by Crippen LogP contribution is -2.36. The van der Waals surface area contributed by atoms with Gasteiger partial charge in [0.2, 0.25) is 0 Å². The first-order valence-electron chi connectivity index (χ1n) is 9.36. The molecule has 0 spiro atoms. The van der Waals surface area contributed by atoms with E-state index in [-0.39, 0.29) is 29.7 Å². The molecule has 2 aromatic rings. The van der Waals surface area contributed by atoms with Gasteiger partial charge in [0.15, 0.2) is 6.10 Å². The standard InChI is InChI=1S/C21H22FN3O3/c1-12-9-18(15-5-3-4-6-16(15)22)25(11-12)21(27)23-14-7-8-19-17(10-14)24-20(26)13(2)28-19/h3-8,10,12-13,18H,9,11H2,1-2H3,(H,23,27)(H,24,26)/t12-,13+,18+/m1/s1. The minimum Gasteiger partial charge on any atom is -0.479 e. The van der Waals surface area contributed by atoms with Gasteiger partial charge in [-0.3, -0.25) is 4.79 Å². The molecule has 2 N–H and O–H groups in total. The highest BCUT2D eigenvalue weighted by atomic mass is 19.1. The number of fused-ring (bicyclic) bond motifs is 1. The van der Waals surface area contributed by atoms with Crippen LogP contribution in [0.5, 0.6) is 5.75 Å². The summed E-state index contributed by atoms with van der Waals surface area (Å²) in [6, 6.07) is 11.1. The zero-order valence-electron chi connectivity index (χ0n) is 15.7. The Bertz CT molecular complexity index is 933. The Kier molecular flexibility index (Phi) is 4.66. The Labute approximate surface area is 162 Å².